The van der Waals surface area contributed by atoms with Crippen molar-refractivity contribution in [3.05, 3.63) is 101 Å². The number of ether oxygens (including phenoxy) is 2. The molecule has 0 saturated carbocycles. The SMILES string of the molecule is O=C(CC(c1ccc(F)cc1)c1ccc(F)cc1)Nc1cccc(F)c1CC[C@@H]1CNC[C@@H](CCOC(=O)NCC(F)(F)F)O1. The fourth-order valence-corrected chi connectivity index (χ4v) is 5.06. The standard InChI is InChI=1S/C32H33F6N3O4/c33-22-8-4-20(5-9-22)27(21-6-10-23(34)11-7-21)16-30(42)41-29-3-1-2-28(35)26(29)13-12-24-17-39-18-25(45-24)14-15-44-31(43)40-19-32(36,37)38/h1-11,24-25,27,39H,12-19H2,(H,40,43)(H,41,42)/t24-,25-/m1/s1. The number of carbonyl (C=O) groups excluding carboxylic acids is 2. The number of nitrogens with one attached hydrogen (secondary N) is 3. The zero-order valence-electron chi connectivity index (χ0n) is 24.1. The Morgan fingerprint density at radius 3 is 2.09 bits per heavy atom. The zero-order valence-corrected chi connectivity index (χ0v) is 24.1. The third-order valence-corrected chi connectivity index (χ3v) is 7.28. The normalized spacial score (nSPS) is 16.8. The molecule has 0 unspecified atom stereocenters. The molecule has 13 heteroatoms. The predicted molar refractivity (Wildman–Crippen MR) is 154 cm³/mol. The van der Waals surface area contributed by atoms with Crippen LogP contribution in [0.25, 0.3) is 0 Å². The molecule has 4 rings (SSSR count). The van der Waals surface area contributed by atoms with Crippen LogP contribution in [0.4, 0.5) is 36.8 Å². The Bertz CT molecular complexity index is 1370. The molecule has 242 valence electrons. The highest BCUT2D eigenvalue weighted by atomic mass is 19.4. The largest absolute Gasteiger partial charge is 0.449 e. The first-order valence-corrected chi connectivity index (χ1v) is 14.4. The van der Waals surface area contributed by atoms with Crippen molar-refractivity contribution < 1.29 is 45.4 Å². The van der Waals surface area contributed by atoms with E-state index in [4.69, 9.17) is 9.47 Å². The molecule has 45 heavy (non-hydrogen) atoms. The summed E-state index contributed by atoms with van der Waals surface area (Å²) in [5, 5.41) is 7.60. The molecule has 1 aliphatic heterocycles. The summed E-state index contributed by atoms with van der Waals surface area (Å²) in [6, 6.07) is 15.7. The minimum absolute atomic E-state index is 0.0686. The molecule has 1 aliphatic rings. The second-order valence-corrected chi connectivity index (χ2v) is 10.6. The first kappa shape index (κ1) is 33.8. The summed E-state index contributed by atoms with van der Waals surface area (Å²) < 4.78 is 89.6. The molecule has 7 nitrogen and oxygen atoms in total. The Hall–Kier alpha value is -4.10. The van der Waals surface area contributed by atoms with E-state index in [9.17, 15) is 35.9 Å². The molecule has 0 aromatic heterocycles. The molecule has 1 heterocycles. The van der Waals surface area contributed by atoms with Gasteiger partial charge in [0, 0.05) is 43.1 Å². The second-order valence-electron chi connectivity index (χ2n) is 10.6. The summed E-state index contributed by atoms with van der Waals surface area (Å²) in [5.41, 5.74) is 1.87. The third kappa shape index (κ3) is 10.8. The first-order chi connectivity index (χ1) is 21.5. The van der Waals surface area contributed by atoms with Crippen LogP contribution in [0, 0.1) is 17.5 Å². The van der Waals surface area contributed by atoms with Crippen molar-refractivity contribution in [2.24, 2.45) is 0 Å². The zero-order chi connectivity index (χ0) is 32.4. The molecule has 2 amide bonds. The van der Waals surface area contributed by atoms with Gasteiger partial charge in [-0.15, -0.1) is 0 Å². The van der Waals surface area contributed by atoms with E-state index in [0.29, 0.717) is 30.6 Å². The summed E-state index contributed by atoms with van der Waals surface area (Å²) in [5.74, 6) is -2.32. The molecule has 3 aromatic carbocycles. The van der Waals surface area contributed by atoms with Crippen LogP contribution in [-0.2, 0) is 20.7 Å². The number of morpholine rings is 1. The number of hydrogen-bond donors (Lipinski definition) is 3. The topological polar surface area (TPSA) is 88.7 Å². The lowest BCUT2D eigenvalue weighted by Crippen LogP contribution is -2.45. The fraction of sp³-hybridized carbons (Fsp3) is 0.375. The number of rotatable bonds is 12. The molecular formula is C32H33F6N3O4. The van der Waals surface area contributed by atoms with E-state index in [2.05, 4.69) is 10.6 Å². The molecule has 0 spiro atoms. The Morgan fingerprint density at radius 2 is 1.49 bits per heavy atom. The number of alkyl halides is 3. The van der Waals surface area contributed by atoms with Crippen LogP contribution in [-0.4, -0.2) is 56.6 Å². The molecule has 3 aromatic rings. The van der Waals surface area contributed by atoms with Gasteiger partial charge in [-0.3, -0.25) is 4.79 Å². The highest BCUT2D eigenvalue weighted by Gasteiger charge is 2.28. The number of halogens is 6. The smallest absolute Gasteiger partial charge is 0.407 e. The van der Waals surface area contributed by atoms with Crippen LogP contribution >= 0.6 is 0 Å². The van der Waals surface area contributed by atoms with Crippen LogP contribution in [0.15, 0.2) is 66.7 Å². The van der Waals surface area contributed by atoms with Crippen molar-refractivity contribution in [3.8, 4) is 0 Å². The van der Waals surface area contributed by atoms with Gasteiger partial charge in [-0.1, -0.05) is 30.3 Å². The van der Waals surface area contributed by atoms with Gasteiger partial charge in [0.2, 0.25) is 5.91 Å². The summed E-state index contributed by atoms with van der Waals surface area (Å²) >= 11 is 0. The van der Waals surface area contributed by atoms with Crippen molar-refractivity contribution in [3.63, 3.8) is 0 Å². The molecule has 2 atom stereocenters. The van der Waals surface area contributed by atoms with Gasteiger partial charge in [-0.25, -0.2) is 18.0 Å². The first-order valence-electron chi connectivity index (χ1n) is 14.4. The summed E-state index contributed by atoms with van der Waals surface area (Å²) in [4.78, 5) is 24.7. The number of hydrogen-bond acceptors (Lipinski definition) is 5. The lowest BCUT2D eigenvalue weighted by Gasteiger charge is -2.31. The van der Waals surface area contributed by atoms with Gasteiger partial charge in [0.05, 0.1) is 18.8 Å². The molecule has 0 aliphatic carbocycles. The lowest BCUT2D eigenvalue weighted by atomic mass is 9.88. The van der Waals surface area contributed by atoms with Crippen LogP contribution < -0.4 is 16.0 Å². The monoisotopic (exact) mass is 637 g/mol. The minimum Gasteiger partial charge on any atom is -0.449 e. The van der Waals surface area contributed by atoms with Crippen LogP contribution in [0.2, 0.25) is 0 Å². The van der Waals surface area contributed by atoms with E-state index in [1.807, 2.05) is 0 Å². The van der Waals surface area contributed by atoms with Gasteiger partial charge >= 0.3 is 12.3 Å². The van der Waals surface area contributed by atoms with Crippen molar-refractivity contribution in [1.82, 2.24) is 10.6 Å². The quantitative estimate of drug-likeness (QED) is 0.205. The minimum atomic E-state index is -4.54. The van der Waals surface area contributed by atoms with Gasteiger partial charge in [0.1, 0.15) is 24.0 Å². The van der Waals surface area contributed by atoms with E-state index >= 15 is 0 Å². The molecule has 1 fully saturated rings. The van der Waals surface area contributed by atoms with E-state index in [0.717, 1.165) is 0 Å². The third-order valence-electron chi connectivity index (χ3n) is 7.28. The summed E-state index contributed by atoms with van der Waals surface area (Å²) in [6.45, 7) is -0.731. The van der Waals surface area contributed by atoms with Gasteiger partial charge in [-0.05, 0) is 60.4 Å². The van der Waals surface area contributed by atoms with Gasteiger partial charge in [-0.2, -0.15) is 13.2 Å². The highest BCUT2D eigenvalue weighted by molar-refractivity contribution is 5.92. The molecule has 0 radical (unpaired) electrons. The Balaban J connectivity index is 1.33. The van der Waals surface area contributed by atoms with E-state index < -0.39 is 48.1 Å². The van der Waals surface area contributed by atoms with E-state index in [1.54, 1.807) is 35.6 Å². The van der Waals surface area contributed by atoms with Crippen molar-refractivity contribution in [2.75, 3.05) is 31.6 Å². The predicted octanol–water partition coefficient (Wildman–Crippen LogP) is 6.23. The van der Waals surface area contributed by atoms with Crippen molar-refractivity contribution in [1.29, 1.82) is 0 Å². The number of carbonyl (C=O) groups is 2. The van der Waals surface area contributed by atoms with Crippen LogP contribution in [0.5, 0.6) is 0 Å². The number of anilines is 1. The Labute approximate surface area is 256 Å². The summed E-state index contributed by atoms with van der Waals surface area (Å²) in [7, 11) is 0. The molecule has 3 N–H and O–H groups in total. The van der Waals surface area contributed by atoms with Gasteiger partial charge < -0.3 is 25.4 Å². The number of amides is 2. The second kappa shape index (κ2) is 15.8. The molecule has 1 saturated heterocycles. The van der Waals surface area contributed by atoms with Crippen LogP contribution in [0.1, 0.15) is 41.9 Å². The number of alkyl carbamates (subject to hydrolysis) is 1. The van der Waals surface area contributed by atoms with E-state index in [-0.39, 0.29) is 49.3 Å². The summed E-state index contributed by atoms with van der Waals surface area (Å²) in [6.07, 6.45) is -5.66. The lowest BCUT2D eigenvalue weighted by molar-refractivity contribution is -0.124. The molecule has 0 bridgehead atoms. The Kier molecular flexibility index (Phi) is 11.8. The van der Waals surface area contributed by atoms with Crippen molar-refractivity contribution >= 4 is 17.7 Å². The average Bonchev–Trinajstić information content (AvgIpc) is 2.99. The molecular weight excluding hydrogens is 604 g/mol. The van der Waals surface area contributed by atoms with E-state index in [1.165, 1.54) is 36.4 Å². The Morgan fingerprint density at radius 1 is 0.889 bits per heavy atom. The van der Waals surface area contributed by atoms with Gasteiger partial charge in [0.15, 0.2) is 0 Å². The van der Waals surface area contributed by atoms with Crippen LogP contribution in [0.3, 0.4) is 0 Å². The van der Waals surface area contributed by atoms with Crippen molar-refractivity contribution in [2.45, 2.75) is 50.0 Å². The maximum absolute atomic E-state index is 15.0. The number of benzene rings is 3. The highest BCUT2D eigenvalue weighted by Crippen LogP contribution is 2.30. The average molecular weight is 638 g/mol. The maximum atomic E-state index is 15.0. The fourth-order valence-electron chi connectivity index (χ4n) is 5.06. The van der Waals surface area contributed by atoms with Gasteiger partial charge in [0.25, 0.3) is 0 Å². The maximum Gasteiger partial charge on any atom is 0.407 e.